The van der Waals surface area contributed by atoms with Crippen LogP contribution in [0.4, 0.5) is 10.1 Å². The van der Waals surface area contributed by atoms with E-state index < -0.39 is 23.4 Å². The standard InChI is InChI=1S/C30H48FNO5/c1-4-7-8-9-10-11-12-13-14-15-16-17-18-19-24-32-26-22-20-25(21-23-26)27(33)30(31,28(34)36-5-2)29(35)37-6-3/h20-23,32H,4-19,24H2,1-3H3. The van der Waals surface area contributed by atoms with Gasteiger partial charge in [0, 0.05) is 17.8 Å². The third-order valence-electron chi connectivity index (χ3n) is 6.43. The van der Waals surface area contributed by atoms with Gasteiger partial charge in [0.15, 0.2) is 0 Å². The highest BCUT2D eigenvalue weighted by molar-refractivity contribution is 6.29. The monoisotopic (exact) mass is 521 g/mol. The highest BCUT2D eigenvalue weighted by Crippen LogP contribution is 2.24. The summed E-state index contributed by atoms with van der Waals surface area (Å²) < 4.78 is 24.6. The van der Waals surface area contributed by atoms with E-state index in [-0.39, 0.29) is 18.8 Å². The van der Waals surface area contributed by atoms with Crippen LogP contribution in [0.25, 0.3) is 0 Å². The highest BCUT2D eigenvalue weighted by atomic mass is 19.1. The van der Waals surface area contributed by atoms with Crippen molar-refractivity contribution in [3.8, 4) is 0 Å². The van der Waals surface area contributed by atoms with E-state index in [0.29, 0.717) is 0 Å². The van der Waals surface area contributed by atoms with Crippen molar-refractivity contribution in [2.24, 2.45) is 0 Å². The fraction of sp³-hybridized carbons (Fsp3) is 0.700. The molecule has 0 aliphatic carbocycles. The molecule has 0 spiro atoms. The van der Waals surface area contributed by atoms with Crippen LogP contribution in [0.1, 0.15) is 121 Å². The zero-order valence-electron chi connectivity index (χ0n) is 23.2. The van der Waals surface area contributed by atoms with Crippen molar-refractivity contribution in [2.75, 3.05) is 25.1 Å². The highest BCUT2D eigenvalue weighted by Gasteiger charge is 2.57. The van der Waals surface area contributed by atoms with Gasteiger partial charge in [-0.15, -0.1) is 0 Å². The van der Waals surface area contributed by atoms with Crippen LogP contribution in [0.5, 0.6) is 0 Å². The lowest BCUT2D eigenvalue weighted by molar-refractivity contribution is -0.169. The van der Waals surface area contributed by atoms with Crippen LogP contribution in [0.3, 0.4) is 0 Å². The maximum Gasteiger partial charge on any atom is 0.364 e. The zero-order valence-corrected chi connectivity index (χ0v) is 23.2. The number of anilines is 1. The molecule has 0 saturated heterocycles. The predicted molar refractivity (Wildman–Crippen MR) is 147 cm³/mol. The number of Topliss-reactive ketones (excluding diaryl/α,β-unsaturated/α-hetero) is 1. The summed E-state index contributed by atoms with van der Waals surface area (Å²) in [5.41, 5.74) is -2.84. The summed E-state index contributed by atoms with van der Waals surface area (Å²) in [7, 11) is 0. The number of alkyl halides is 1. The number of ether oxygens (including phenoxy) is 2. The van der Waals surface area contributed by atoms with Gasteiger partial charge in [0.1, 0.15) is 0 Å². The first-order chi connectivity index (χ1) is 17.9. The van der Waals surface area contributed by atoms with E-state index in [9.17, 15) is 14.4 Å². The fourth-order valence-corrected chi connectivity index (χ4v) is 4.22. The van der Waals surface area contributed by atoms with E-state index in [1.165, 1.54) is 103 Å². The molecule has 6 nitrogen and oxygen atoms in total. The normalized spacial score (nSPS) is 11.2. The molecule has 0 aliphatic rings. The number of nitrogens with one attached hydrogen (secondary N) is 1. The van der Waals surface area contributed by atoms with Gasteiger partial charge in [-0.2, -0.15) is 0 Å². The van der Waals surface area contributed by atoms with Crippen molar-refractivity contribution < 1.29 is 28.2 Å². The Bertz CT molecular complexity index is 763. The van der Waals surface area contributed by atoms with Gasteiger partial charge in [-0.25, -0.2) is 14.0 Å². The lowest BCUT2D eigenvalue weighted by atomic mass is 9.94. The molecule has 0 saturated carbocycles. The molecule has 0 unspecified atom stereocenters. The first-order valence-corrected chi connectivity index (χ1v) is 14.3. The lowest BCUT2D eigenvalue weighted by Crippen LogP contribution is -2.51. The van der Waals surface area contributed by atoms with E-state index in [0.717, 1.165) is 25.1 Å². The van der Waals surface area contributed by atoms with E-state index >= 15 is 4.39 Å². The summed E-state index contributed by atoms with van der Waals surface area (Å²) in [5.74, 6) is -4.40. The van der Waals surface area contributed by atoms with E-state index in [1.54, 1.807) is 12.1 Å². The summed E-state index contributed by atoms with van der Waals surface area (Å²) in [5, 5.41) is 3.29. The van der Waals surface area contributed by atoms with Gasteiger partial charge >= 0.3 is 17.6 Å². The van der Waals surface area contributed by atoms with Crippen molar-refractivity contribution in [3.05, 3.63) is 29.8 Å². The minimum Gasteiger partial charge on any atom is -0.463 e. The average Bonchev–Trinajstić information content (AvgIpc) is 2.90. The molecule has 7 heteroatoms. The first-order valence-electron chi connectivity index (χ1n) is 14.3. The lowest BCUT2D eigenvalue weighted by Gasteiger charge is -2.20. The molecular weight excluding hydrogens is 473 g/mol. The van der Waals surface area contributed by atoms with Gasteiger partial charge in [-0.05, 0) is 44.5 Å². The van der Waals surface area contributed by atoms with E-state index in [4.69, 9.17) is 0 Å². The van der Waals surface area contributed by atoms with Crippen LogP contribution in [-0.4, -0.2) is 43.1 Å². The smallest absolute Gasteiger partial charge is 0.364 e. The number of rotatable bonds is 22. The Balaban J connectivity index is 2.29. The number of halogens is 1. The third kappa shape index (κ3) is 12.1. The van der Waals surface area contributed by atoms with Crippen molar-refractivity contribution >= 4 is 23.4 Å². The molecule has 1 N–H and O–H groups in total. The summed E-state index contributed by atoms with van der Waals surface area (Å²) in [4.78, 5) is 36.9. The Morgan fingerprint density at radius 3 is 1.49 bits per heavy atom. The minimum absolute atomic E-state index is 0.106. The van der Waals surface area contributed by atoms with E-state index in [1.807, 2.05) is 0 Å². The van der Waals surface area contributed by atoms with Crippen molar-refractivity contribution in [1.82, 2.24) is 0 Å². The summed E-state index contributed by atoms with van der Waals surface area (Å²) in [6, 6.07) is 6.05. The van der Waals surface area contributed by atoms with Crippen LogP contribution in [0.2, 0.25) is 0 Å². The molecule has 1 rings (SSSR count). The SMILES string of the molecule is CCCCCCCCCCCCCCCCNc1ccc(C(=O)C(F)(C(=O)OCC)C(=O)OCC)cc1. The van der Waals surface area contributed by atoms with Crippen LogP contribution in [0.15, 0.2) is 24.3 Å². The maximum absolute atomic E-state index is 15.3. The molecule has 0 radical (unpaired) electrons. The molecule has 210 valence electrons. The Morgan fingerprint density at radius 2 is 1.08 bits per heavy atom. The Labute approximate surface area is 223 Å². The second-order valence-corrected chi connectivity index (χ2v) is 9.53. The second-order valence-electron chi connectivity index (χ2n) is 9.53. The number of esters is 2. The molecule has 0 aromatic heterocycles. The predicted octanol–water partition coefficient (Wildman–Crippen LogP) is 7.60. The number of hydrogen-bond donors (Lipinski definition) is 1. The number of hydrogen-bond acceptors (Lipinski definition) is 6. The van der Waals surface area contributed by atoms with Gasteiger partial charge in [0.25, 0.3) is 0 Å². The van der Waals surface area contributed by atoms with E-state index in [2.05, 4.69) is 21.7 Å². The largest absolute Gasteiger partial charge is 0.463 e. The Hall–Kier alpha value is -2.44. The topological polar surface area (TPSA) is 81.7 Å². The Morgan fingerprint density at radius 1 is 0.676 bits per heavy atom. The number of benzene rings is 1. The first kappa shape index (κ1) is 32.6. The third-order valence-corrected chi connectivity index (χ3v) is 6.43. The van der Waals surface area contributed by atoms with Gasteiger partial charge in [-0.1, -0.05) is 90.4 Å². The van der Waals surface area contributed by atoms with Gasteiger partial charge < -0.3 is 14.8 Å². The summed E-state index contributed by atoms with van der Waals surface area (Å²) in [6.45, 7) is 5.65. The van der Waals surface area contributed by atoms with Crippen LogP contribution >= 0.6 is 0 Å². The molecule has 0 heterocycles. The molecule has 1 aromatic rings. The molecule has 37 heavy (non-hydrogen) atoms. The van der Waals surface area contributed by atoms with Crippen LogP contribution < -0.4 is 5.32 Å². The van der Waals surface area contributed by atoms with Crippen LogP contribution in [-0.2, 0) is 19.1 Å². The fourth-order valence-electron chi connectivity index (χ4n) is 4.22. The molecule has 0 aliphatic heterocycles. The van der Waals surface area contributed by atoms with Gasteiger partial charge in [-0.3, -0.25) is 4.79 Å². The molecule has 0 fully saturated rings. The zero-order chi connectivity index (χ0) is 27.4. The second kappa shape index (κ2) is 19.6. The van der Waals surface area contributed by atoms with Crippen molar-refractivity contribution in [1.29, 1.82) is 0 Å². The molecular formula is C30H48FNO5. The maximum atomic E-state index is 15.3. The van der Waals surface area contributed by atoms with Crippen LogP contribution in [0, 0.1) is 0 Å². The summed E-state index contributed by atoms with van der Waals surface area (Å²) in [6.07, 6.45) is 18.3. The van der Waals surface area contributed by atoms with Crippen molar-refractivity contribution in [2.45, 2.75) is 116 Å². The molecule has 1 aromatic carbocycles. The number of carbonyl (C=O) groups is 3. The molecule has 0 amide bonds. The summed E-state index contributed by atoms with van der Waals surface area (Å²) >= 11 is 0. The molecule has 0 atom stereocenters. The number of unbranched alkanes of at least 4 members (excludes halogenated alkanes) is 13. The molecule has 0 bridgehead atoms. The Kier molecular flexibility index (Phi) is 17.3. The van der Waals surface area contributed by atoms with Gasteiger partial charge in [0.2, 0.25) is 5.78 Å². The average molecular weight is 522 g/mol. The number of ketones is 1. The quantitative estimate of drug-likeness (QED) is 0.0732. The number of carbonyl (C=O) groups excluding carboxylic acids is 3. The minimum atomic E-state index is -3.52. The van der Waals surface area contributed by atoms with Gasteiger partial charge in [0.05, 0.1) is 13.2 Å². The van der Waals surface area contributed by atoms with Crippen molar-refractivity contribution in [3.63, 3.8) is 0 Å².